The smallest absolute Gasteiger partial charge is 0.161 e. The summed E-state index contributed by atoms with van der Waals surface area (Å²) in [5, 5.41) is 1.91. The molecule has 1 aromatic carbocycles. The Kier molecular flexibility index (Phi) is 6.21. The van der Waals surface area contributed by atoms with Crippen molar-refractivity contribution in [2.24, 2.45) is 0 Å². The van der Waals surface area contributed by atoms with Crippen LogP contribution in [0.2, 0.25) is 0 Å². The molecule has 0 saturated carbocycles. The van der Waals surface area contributed by atoms with Gasteiger partial charge in [0.25, 0.3) is 0 Å². The van der Waals surface area contributed by atoms with E-state index in [9.17, 15) is 0 Å². The fraction of sp³-hybridized carbons (Fsp3) is 0.500. The Balaban J connectivity index is 3.12. The average Bonchev–Trinajstić information content (AvgIpc) is 2.31. The van der Waals surface area contributed by atoms with Crippen molar-refractivity contribution in [2.45, 2.75) is 12.8 Å². The third kappa shape index (κ3) is 3.39. The highest BCUT2D eigenvalue weighted by molar-refractivity contribution is 9.09. The molecule has 0 unspecified atom stereocenters. The summed E-state index contributed by atoms with van der Waals surface area (Å²) in [5.41, 5.74) is 2.63. The first kappa shape index (κ1) is 13.8. The van der Waals surface area contributed by atoms with Gasteiger partial charge in [-0.25, -0.2) is 0 Å². The summed E-state index contributed by atoms with van der Waals surface area (Å²) < 4.78 is 10.6. The monoisotopic (exact) mass is 350 g/mol. The van der Waals surface area contributed by atoms with E-state index in [1.54, 1.807) is 14.2 Å². The quantitative estimate of drug-likeness (QED) is 0.729. The molecule has 0 saturated heterocycles. The van der Waals surface area contributed by atoms with Crippen LogP contribution in [-0.2, 0) is 12.8 Å². The number of halogens is 2. The van der Waals surface area contributed by atoms with Crippen LogP contribution >= 0.6 is 31.9 Å². The molecule has 90 valence electrons. The lowest BCUT2D eigenvalue weighted by atomic mass is 10.0. The molecule has 0 amide bonds. The molecule has 0 spiro atoms. The predicted octanol–water partition coefficient (Wildman–Crippen LogP) is 3.58. The maximum absolute atomic E-state index is 5.30. The number of hydrogen-bond donors (Lipinski definition) is 0. The summed E-state index contributed by atoms with van der Waals surface area (Å²) in [6, 6.07) is 4.14. The average molecular weight is 352 g/mol. The Hall–Kier alpha value is -0.220. The summed E-state index contributed by atoms with van der Waals surface area (Å²) in [6.45, 7) is 0. The summed E-state index contributed by atoms with van der Waals surface area (Å²) in [4.78, 5) is 0. The number of methoxy groups -OCH3 is 2. The van der Waals surface area contributed by atoms with Crippen molar-refractivity contribution in [3.8, 4) is 11.5 Å². The Morgan fingerprint density at radius 3 is 1.50 bits per heavy atom. The Morgan fingerprint density at radius 1 is 0.875 bits per heavy atom. The van der Waals surface area contributed by atoms with Crippen LogP contribution in [0.4, 0.5) is 0 Å². The van der Waals surface area contributed by atoms with Crippen LogP contribution in [0, 0.1) is 0 Å². The second kappa shape index (κ2) is 7.17. The number of benzene rings is 1. The third-order valence-corrected chi connectivity index (χ3v) is 3.23. The molecule has 0 aliphatic rings. The molecule has 0 N–H and O–H groups in total. The third-order valence-electron chi connectivity index (χ3n) is 2.43. The first-order valence-electron chi connectivity index (χ1n) is 5.12. The minimum Gasteiger partial charge on any atom is -0.493 e. The van der Waals surface area contributed by atoms with Gasteiger partial charge in [0.1, 0.15) is 0 Å². The van der Waals surface area contributed by atoms with E-state index < -0.39 is 0 Å². The molecule has 0 aliphatic carbocycles. The molecule has 0 atom stereocenters. The van der Waals surface area contributed by atoms with Crippen molar-refractivity contribution in [3.63, 3.8) is 0 Å². The SMILES string of the molecule is COc1cc(CCBr)c(CCBr)cc1OC. The van der Waals surface area contributed by atoms with Gasteiger partial charge in [-0.15, -0.1) is 0 Å². The Morgan fingerprint density at radius 2 is 1.25 bits per heavy atom. The molecule has 16 heavy (non-hydrogen) atoms. The van der Waals surface area contributed by atoms with Gasteiger partial charge in [0.05, 0.1) is 14.2 Å². The van der Waals surface area contributed by atoms with Crippen LogP contribution < -0.4 is 9.47 Å². The predicted molar refractivity (Wildman–Crippen MR) is 74.5 cm³/mol. The topological polar surface area (TPSA) is 18.5 Å². The standard InChI is InChI=1S/C12H16Br2O2/c1-15-11-7-9(3-5-13)10(4-6-14)8-12(11)16-2/h7-8H,3-6H2,1-2H3. The number of rotatable bonds is 6. The maximum Gasteiger partial charge on any atom is 0.161 e. The first-order chi connectivity index (χ1) is 7.76. The summed E-state index contributed by atoms with van der Waals surface area (Å²) >= 11 is 6.94. The minimum absolute atomic E-state index is 0.803. The van der Waals surface area contributed by atoms with Crippen molar-refractivity contribution < 1.29 is 9.47 Å². The Labute approximate surface area is 114 Å². The minimum atomic E-state index is 0.803. The molecule has 1 aromatic rings. The number of hydrogen-bond acceptors (Lipinski definition) is 2. The van der Waals surface area contributed by atoms with Gasteiger partial charge in [-0.05, 0) is 36.1 Å². The summed E-state index contributed by atoms with van der Waals surface area (Å²) in [7, 11) is 3.33. The molecule has 0 aromatic heterocycles. The van der Waals surface area contributed by atoms with Crippen molar-refractivity contribution >= 4 is 31.9 Å². The van der Waals surface area contributed by atoms with Gasteiger partial charge < -0.3 is 9.47 Å². The van der Waals surface area contributed by atoms with Gasteiger partial charge >= 0.3 is 0 Å². The highest BCUT2D eigenvalue weighted by atomic mass is 79.9. The van der Waals surface area contributed by atoms with E-state index in [4.69, 9.17) is 9.47 Å². The van der Waals surface area contributed by atoms with E-state index in [0.717, 1.165) is 35.0 Å². The summed E-state index contributed by atoms with van der Waals surface area (Å²) in [5.74, 6) is 1.61. The lowest BCUT2D eigenvalue weighted by Crippen LogP contribution is -2.00. The molecule has 0 aliphatic heterocycles. The first-order valence-corrected chi connectivity index (χ1v) is 7.36. The molecule has 2 nitrogen and oxygen atoms in total. The van der Waals surface area contributed by atoms with Gasteiger partial charge in [0, 0.05) is 10.7 Å². The highest BCUT2D eigenvalue weighted by Crippen LogP contribution is 2.31. The molecule has 4 heteroatoms. The lowest BCUT2D eigenvalue weighted by Gasteiger charge is -2.13. The van der Waals surface area contributed by atoms with E-state index >= 15 is 0 Å². The normalized spacial score (nSPS) is 10.2. The zero-order valence-corrected chi connectivity index (χ0v) is 12.7. The van der Waals surface area contributed by atoms with Crippen molar-refractivity contribution in [1.82, 2.24) is 0 Å². The van der Waals surface area contributed by atoms with Crippen LogP contribution in [0.3, 0.4) is 0 Å². The zero-order valence-electron chi connectivity index (χ0n) is 9.56. The fourth-order valence-corrected chi connectivity index (χ4v) is 2.49. The molecule has 0 fully saturated rings. The molecule has 0 bridgehead atoms. The van der Waals surface area contributed by atoms with Crippen LogP contribution in [0.5, 0.6) is 11.5 Å². The molecule has 1 rings (SSSR count). The van der Waals surface area contributed by atoms with Crippen LogP contribution in [-0.4, -0.2) is 24.9 Å². The highest BCUT2D eigenvalue weighted by Gasteiger charge is 2.10. The van der Waals surface area contributed by atoms with Crippen molar-refractivity contribution in [1.29, 1.82) is 0 Å². The fourth-order valence-electron chi connectivity index (χ4n) is 1.63. The van der Waals surface area contributed by atoms with E-state index in [2.05, 4.69) is 44.0 Å². The van der Waals surface area contributed by atoms with Crippen LogP contribution in [0.25, 0.3) is 0 Å². The van der Waals surface area contributed by atoms with Crippen LogP contribution in [0.1, 0.15) is 11.1 Å². The number of ether oxygens (including phenoxy) is 2. The van der Waals surface area contributed by atoms with Gasteiger partial charge in [0.15, 0.2) is 11.5 Å². The van der Waals surface area contributed by atoms with Gasteiger partial charge in [0.2, 0.25) is 0 Å². The Bertz CT molecular complexity index is 307. The van der Waals surface area contributed by atoms with E-state index in [0.29, 0.717) is 0 Å². The van der Waals surface area contributed by atoms with E-state index in [1.165, 1.54) is 11.1 Å². The van der Waals surface area contributed by atoms with Gasteiger partial charge in [-0.1, -0.05) is 31.9 Å². The van der Waals surface area contributed by atoms with Gasteiger partial charge in [-0.2, -0.15) is 0 Å². The van der Waals surface area contributed by atoms with E-state index in [-0.39, 0.29) is 0 Å². The molecular formula is C12H16Br2O2. The second-order valence-corrected chi connectivity index (χ2v) is 4.94. The largest absolute Gasteiger partial charge is 0.493 e. The van der Waals surface area contributed by atoms with Crippen LogP contribution in [0.15, 0.2) is 12.1 Å². The number of aryl methyl sites for hydroxylation is 2. The lowest BCUT2D eigenvalue weighted by molar-refractivity contribution is 0.354. The number of alkyl halides is 2. The second-order valence-electron chi connectivity index (χ2n) is 3.35. The molecule has 0 radical (unpaired) electrons. The molecule has 0 heterocycles. The van der Waals surface area contributed by atoms with Gasteiger partial charge in [-0.3, -0.25) is 0 Å². The molecular weight excluding hydrogens is 336 g/mol. The zero-order chi connectivity index (χ0) is 12.0. The van der Waals surface area contributed by atoms with Crippen molar-refractivity contribution in [2.75, 3.05) is 24.9 Å². The van der Waals surface area contributed by atoms with Crippen molar-refractivity contribution in [3.05, 3.63) is 23.3 Å². The maximum atomic E-state index is 5.30. The van der Waals surface area contributed by atoms with E-state index in [1.807, 2.05) is 0 Å². The summed E-state index contributed by atoms with van der Waals surface area (Å²) in [6.07, 6.45) is 2.01.